The summed E-state index contributed by atoms with van der Waals surface area (Å²) in [4.78, 5) is 19.7. The van der Waals surface area contributed by atoms with Crippen molar-refractivity contribution in [1.82, 2.24) is 0 Å². The van der Waals surface area contributed by atoms with Gasteiger partial charge in [0, 0.05) is 60.0 Å². The van der Waals surface area contributed by atoms with Crippen LogP contribution in [-0.4, -0.2) is 35.4 Å². The van der Waals surface area contributed by atoms with E-state index in [0.29, 0.717) is 27.9 Å². The van der Waals surface area contributed by atoms with Gasteiger partial charge in [-0.3, -0.25) is 4.79 Å². The van der Waals surface area contributed by atoms with Gasteiger partial charge in [0.2, 0.25) is 5.69 Å². The number of hydrogen-bond acceptors (Lipinski definition) is 7. The Morgan fingerprint density at radius 1 is 0.376 bits per heavy atom. The van der Waals surface area contributed by atoms with Gasteiger partial charge in [-0.1, -0.05) is 257 Å². The first kappa shape index (κ1) is 67.8. The van der Waals surface area contributed by atoms with Crippen LogP contribution in [0.25, 0.3) is 103 Å². The lowest BCUT2D eigenvalue weighted by Gasteiger charge is -2.28. The summed E-state index contributed by atoms with van der Waals surface area (Å²) < 4.78 is 0. The number of benzene rings is 16. The lowest BCUT2D eigenvalue weighted by atomic mass is 9.92. The minimum absolute atomic E-state index is 0. The van der Waals surface area contributed by atoms with Crippen LogP contribution in [0, 0.1) is 40.6 Å². The summed E-state index contributed by atoms with van der Waals surface area (Å²) in [6, 6.07) is 110. The van der Waals surface area contributed by atoms with Crippen molar-refractivity contribution in [1.29, 1.82) is 15.8 Å². The standard InChI is InChI=1S/C44H27N3.C27H19NO.C19H15N2OP.2H2O/c1-46-44-39-17-7-6-16-37(39)41(29-45)38-27-24-31(28-40(38)44)21-20-30-22-25-34(26-23-30)47(42-18-8-12-32-10-2-4-14-35(32)42)43-19-9-13-33-11-3-5-15-36(33)43;29-19-20-15-17-23(18-16-20)28(26-13-5-9-21-7-1-3-11-24(21)26)27-14-6-10-22-8-2-4-12-25(22)27;1-23(12-22)11-13-6-7-16-17(8-13)19(10-21)15-5-3-2-4-14(15)18(16)9-20;;/h2-28H;1-19H;2-8,22H,11-12H2,1H3;2*1H2. The Labute approximate surface area is 586 Å². The van der Waals surface area contributed by atoms with Gasteiger partial charge in [0.1, 0.15) is 24.5 Å². The monoisotopic (exact) mass is 1320 g/mol. The molecule has 0 aliphatic rings. The highest BCUT2D eigenvalue weighted by Gasteiger charge is 2.21. The number of carbonyl (C=O) groups is 1. The molecule has 0 saturated heterocycles. The molecular weight excluding hydrogens is 1260 g/mol. The largest absolute Gasteiger partial charge is 0.412 e. The van der Waals surface area contributed by atoms with E-state index in [1.807, 2.05) is 116 Å². The van der Waals surface area contributed by atoms with E-state index in [0.717, 1.165) is 106 Å². The van der Waals surface area contributed by atoms with Crippen LogP contribution in [0.3, 0.4) is 0 Å². The zero-order chi connectivity index (χ0) is 67.8. The van der Waals surface area contributed by atoms with Crippen molar-refractivity contribution in [3.05, 3.63) is 354 Å². The van der Waals surface area contributed by atoms with Crippen LogP contribution in [-0.2, 0) is 6.16 Å². The summed E-state index contributed by atoms with van der Waals surface area (Å²) in [5.74, 6) is 0. The number of nitriles is 3. The van der Waals surface area contributed by atoms with Gasteiger partial charge in [0.25, 0.3) is 0 Å². The molecule has 1 unspecified atom stereocenters. The second-order valence-corrected chi connectivity index (χ2v) is 26.5. The molecule has 0 aromatic heterocycles. The zero-order valence-electron chi connectivity index (χ0n) is 55.0. The molecule has 0 amide bonds. The minimum atomic E-state index is -0.462. The van der Waals surface area contributed by atoms with E-state index >= 15 is 0 Å². The van der Waals surface area contributed by atoms with E-state index in [-0.39, 0.29) is 17.3 Å². The second kappa shape index (κ2) is 30.5. The molecule has 0 heterocycles. The number of aliphatic hydroxyl groups excluding tert-OH is 1. The van der Waals surface area contributed by atoms with Crippen LogP contribution in [0.5, 0.6) is 0 Å². The molecule has 5 N–H and O–H groups in total. The predicted octanol–water partition coefficient (Wildman–Crippen LogP) is 22.3. The number of anilines is 6. The van der Waals surface area contributed by atoms with Gasteiger partial charge in [-0.05, 0) is 139 Å². The van der Waals surface area contributed by atoms with Gasteiger partial charge < -0.3 is 25.9 Å². The van der Waals surface area contributed by atoms with Crippen molar-refractivity contribution in [2.24, 2.45) is 0 Å². The van der Waals surface area contributed by atoms with Crippen molar-refractivity contribution >= 4 is 152 Å². The van der Waals surface area contributed by atoms with Crippen LogP contribution in [0.2, 0.25) is 0 Å². The van der Waals surface area contributed by atoms with Crippen molar-refractivity contribution in [3.63, 3.8) is 0 Å². The molecule has 16 aromatic rings. The molecule has 0 bridgehead atoms. The number of rotatable bonds is 12. The fourth-order valence-electron chi connectivity index (χ4n) is 13.5. The summed E-state index contributed by atoms with van der Waals surface area (Å²) in [5.41, 5.74) is 12.8. The summed E-state index contributed by atoms with van der Waals surface area (Å²) in [7, 11) is -0.462. The molecule has 101 heavy (non-hydrogen) atoms. The Kier molecular flexibility index (Phi) is 20.5. The topological polar surface area (TPSA) is 183 Å². The first-order chi connectivity index (χ1) is 48.8. The highest BCUT2D eigenvalue weighted by Crippen LogP contribution is 2.45. The molecule has 484 valence electrons. The van der Waals surface area contributed by atoms with Crippen LogP contribution >= 0.6 is 7.92 Å². The van der Waals surface area contributed by atoms with Crippen molar-refractivity contribution in [2.45, 2.75) is 6.16 Å². The van der Waals surface area contributed by atoms with Gasteiger partial charge in [-0.25, -0.2) is 4.85 Å². The molecule has 16 aromatic carbocycles. The quantitative estimate of drug-likeness (QED) is 0.0415. The van der Waals surface area contributed by atoms with Crippen LogP contribution in [0.15, 0.2) is 303 Å². The van der Waals surface area contributed by atoms with E-state index in [4.69, 9.17) is 6.57 Å². The number of fused-ring (bicyclic) bond motifs is 8. The Balaban J connectivity index is 0.000000153. The third-order valence-corrected chi connectivity index (χ3v) is 19.6. The smallest absolute Gasteiger partial charge is 0.202 e. The van der Waals surface area contributed by atoms with Crippen molar-refractivity contribution in [2.75, 3.05) is 22.8 Å². The Bertz CT molecular complexity index is 5850. The fourth-order valence-corrected chi connectivity index (χ4v) is 14.4. The predicted molar refractivity (Wildman–Crippen MR) is 421 cm³/mol. The number of nitrogens with zero attached hydrogens (tertiary/aromatic N) is 6. The highest BCUT2D eigenvalue weighted by atomic mass is 31.1. The Hall–Kier alpha value is -13.1. The zero-order valence-corrected chi connectivity index (χ0v) is 55.9. The number of hydrogen-bond donors (Lipinski definition) is 1. The molecule has 16 rings (SSSR count). The molecule has 11 heteroatoms. The molecular formula is C90H65N6O4P. The van der Waals surface area contributed by atoms with Crippen LogP contribution in [0.1, 0.15) is 43.7 Å². The fraction of sp³-hybridized carbons (Fsp3) is 0.0333. The van der Waals surface area contributed by atoms with E-state index in [9.17, 15) is 25.7 Å². The SMILES string of the molecule is CP(CO)Cc1ccc2c(C#N)c3ccccc3c(C#N)c2c1.O.O.O=Cc1ccc(N(c2cccc3ccccc23)c2cccc3ccccc23)cc1.[C-]#[N+]c1c2ccccc2c(C#N)c2ccc(C=Cc3ccc(N(c4cccc5ccccc45)c4cccc5ccccc45)cc3)cc12. The molecule has 10 nitrogen and oxygen atoms in total. The third-order valence-electron chi connectivity index (χ3n) is 18.2. The summed E-state index contributed by atoms with van der Waals surface area (Å²) >= 11 is 0. The second-order valence-electron chi connectivity index (χ2n) is 24.2. The highest BCUT2D eigenvalue weighted by molar-refractivity contribution is 7.55. The number of aldehydes is 1. The average Bonchev–Trinajstić information content (AvgIpc) is 0.788. The van der Waals surface area contributed by atoms with Gasteiger partial charge >= 0.3 is 0 Å². The van der Waals surface area contributed by atoms with Crippen molar-refractivity contribution < 1.29 is 20.9 Å². The molecule has 0 aliphatic carbocycles. The van der Waals surface area contributed by atoms with E-state index < -0.39 is 7.92 Å². The van der Waals surface area contributed by atoms with Gasteiger partial charge in [0.05, 0.1) is 52.4 Å². The first-order valence-corrected chi connectivity index (χ1v) is 34.6. The molecule has 1 atom stereocenters. The van der Waals surface area contributed by atoms with Gasteiger partial charge in [0.15, 0.2) is 0 Å². The number of carbonyl (C=O) groups excluding carboxylic acids is 1. The normalized spacial score (nSPS) is 11.1. The maximum absolute atomic E-state index is 11.2. The van der Waals surface area contributed by atoms with E-state index in [1.54, 1.807) is 0 Å². The first-order valence-electron chi connectivity index (χ1n) is 32.5. The average molecular weight is 1330 g/mol. The maximum Gasteiger partial charge on any atom is 0.202 e. The summed E-state index contributed by atoms with van der Waals surface area (Å²) in [6.07, 6.45) is 6.04. The van der Waals surface area contributed by atoms with Gasteiger partial charge in [-0.15, -0.1) is 0 Å². The summed E-state index contributed by atoms with van der Waals surface area (Å²) in [6.45, 7) is 9.98. The van der Waals surface area contributed by atoms with E-state index in [1.165, 1.54) is 43.1 Å². The molecule has 0 spiro atoms. The minimum Gasteiger partial charge on any atom is -0.412 e. The Morgan fingerprint density at radius 2 is 0.703 bits per heavy atom. The van der Waals surface area contributed by atoms with Crippen LogP contribution < -0.4 is 9.80 Å². The maximum atomic E-state index is 11.2. The molecule has 0 saturated carbocycles. The lowest BCUT2D eigenvalue weighted by Crippen LogP contribution is -2.11. The van der Waals surface area contributed by atoms with Crippen LogP contribution in [0.4, 0.5) is 39.8 Å². The molecule has 0 fully saturated rings. The van der Waals surface area contributed by atoms with E-state index in [2.05, 4.69) is 239 Å². The Morgan fingerprint density at radius 3 is 1.11 bits per heavy atom. The van der Waals surface area contributed by atoms with Crippen molar-refractivity contribution in [3.8, 4) is 18.2 Å². The summed E-state index contributed by atoms with van der Waals surface area (Å²) in [5, 5.41) is 54.5. The lowest BCUT2D eigenvalue weighted by molar-refractivity contribution is 0.112. The third kappa shape index (κ3) is 13.4. The molecule has 0 aliphatic heterocycles. The number of aliphatic hydroxyl groups is 1. The molecule has 0 radical (unpaired) electrons. The van der Waals surface area contributed by atoms with Gasteiger partial charge in [-0.2, -0.15) is 15.8 Å².